The van der Waals surface area contributed by atoms with Crippen LogP contribution < -0.4 is 5.32 Å². The van der Waals surface area contributed by atoms with Crippen LogP contribution in [-0.2, 0) is 18.3 Å². The van der Waals surface area contributed by atoms with E-state index in [1.807, 2.05) is 19.3 Å². The number of carbonyl (C=O) groups is 1. The van der Waals surface area contributed by atoms with E-state index in [1.54, 1.807) is 4.68 Å². The molecule has 2 rings (SSSR count). The number of rotatable bonds is 3. The van der Waals surface area contributed by atoms with Gasteiger partial charge in [-0.1, -0.05) is 0 Å². The molecule has 1 atom stereocenters. The number of aromatic nitrogens is 2. The van der Waals surface area contributed by atoms with Crippen molar-refractivity contribution in [1.29, 1.82) is 0 Å². The highest BCUT2D eigenvalue weighted by atomic mass is 16.4. The fourth-order valence-electron chi connectivity index (χ4n) is 2.28. The molecule has 0 spiro atoms. The first kappa shape index (κ1) is 11.1. The zero-order valence-electron chi connectivity index (χ0n) is 9.44. The van der Waals surface area contributed by atoms with Crippen LogP contribution in [-0.4, -0.2) is 33.9 Å². The van der Waals surface area contributed by atoms with E-state index >= 15 is 0 Å². The zero-order valence-corrected chi connectivity index (χ0v) is 9.44. The fraction of sp³-hybridized carbons (Fsp3) is 0.636. The first-order valence-electron chi connectivity index (χ1n) is 5.55. The van der Waals surface area contributed by atoms with Gasteiger partial charge in [-0.3, -0.25) is 9.48 Å². The molecule has 0 saturated carbocycles. The van der Waals surface area contributed by atoms with Crippen LogP contribution in [0, 0.1) is 5.41 Å². The summed E-state index contributed by atoms with van der Waals surface area (Å²) in [5, 5.41) is 16.8. The van der Waals surface area contributed by atoms with Crippen molar-refractivity contribution in [2.24, 2.45) is 12.5 Å². The van der Waals surface area contributed by atoms with Crippen molar-refractivity contribution in [2.45, 2.75) is 19.3 Å². The minimum absolute atomic E-state index is 0.510. The summed E-state index contributed by atoms with van der Waals surface area (Å²) in [6.07, 6.45) is 4.00. The second-order valence-electron chi connectivity index (χ2n) is 4.52. The van der Waals surface area contributed by atoms with Crippen LogP contribution in [0.3, 0.4) is 0 Å². The minimum atomic E-state index is -0.717. The summed E-state index contributed by atoms with van der Waals surface area (Å²) in [5.74, 6) is -0.717. The van der Waals surface area contributed by atoms with Crippen molar-refractivity contribution < 1.29 is 9.90 Å². The predicted octanol–water partition coefficient (Wildman–Crippen LogP) is 0.417. The number of aryl methyl sites for hydroxylation is 1. The molecule has 1 aromatic heterocycles. The molecule has 2 heterocycles. The average Bonchev–Trinajstić information content (AvgIpc) is 2.65. The van der Waals surface area contributed by atoms with Crippen LogP contribution >= 0.6 is 0 Å². The van der Waals surface area contributed by atoms with Crippen LogP contribution in [0.4, 0.5) is 0 Å². The van der Waals surface area contributed by atoms with Gasteiger partial charge in [0.15, 0.2) is 0 Å². The number of carboxylic acids is 1. The van der Waals surface area contributed by atoms with E-state index in [-0.39, 0.29) is 0 Å². The van der Waals surface area contributed by atoms with Crippen LogP contribution in [0.5, 0.6) is 0 Å². The van der Waals surface area contributed by atoms with Crippen molar-refractivity contribution >= 4 is 5.97 Å². The summed E-state index contributed by atoms with van der Waals surface area (Å²) in [5.41, 5.74) is 0.181. The van der Waals surface area contributed by atoms with E-state index in [0.29, 0.717) is 13.0 Å². The Morgan fingerprint density at radius 1 is 1.75 bits per heavy atom. The summed E-state index contributed by atoms with van der Waals surface area (Å²) in [6.45, 7) is 1.45. The quantitative estimate of drug-likeness (QED) is 0.779. The highest BCUT2D eigenvalue weighted by Crippen LogP contribution is 2.30. The molecule has 0 amide bonds. The van der Waals surface area contributed by atoms with Gasteiger partial charge in [0, 0.05) is 26.2 Å². The predicted molar refractivity (Wildman–Crippen MR) is 59.1 cm³/mol. The SMILES string of the molecule is Cn1ccc(CC2(C(=O)O)CCCNC2)n1. The van der Waals surface area contributed by atoms with Crippen LogP contribution in [0.1, 0.15) is 18.5 Å². The van der Waals surface area contributed by atoms with Gasteiger partial charge in [0.05, 0.1) is 11.1 Å². The van der Waals surface area contributed by atoms with E-state index in [4.69, 9.17) is 0 Å². The topological polar surface area (TPSA) is 67.2 Å². The van der Waals surface area contributed by atoms with Crippen LogP contribution in [0.2, 0.25) is 0 Å². The van der Waals surface area contributed by atoms with Gasteiger partial charge in [0.1, 0.15) is 0 Å². The lowest BCUT2D eigenvalue weighted by Gasteiger charge is -2.33. The number of aliphatic carboxylic acids is 1. The van der Waals surface area contributed by atoms with Gasteiger partial charge in [0.25, 0.3) is 0 Å². The lowest BCUT2D eigenvalue weighted by Crippen LogP contribution is -2.47. The molecule has 0 aromatic carbocycles. The van der Waals surface area contributed by atoms with Gasteiger partial charge in [-0.15, -0.1) is 0 Å². The number of nitrogens with one attached hydrogen (secondary N) is 1. The summed E-state index contributed by atoms with van der Waals surface area (Å²) in [4.78, 5) is 11.4. The highest BCUT2D eigenvalue weighted by molar-refractivity contribution is 5.75. The Morgan fingerprint density at radius 2 is 2.56 bits per heavy atom. The molecular weight excluding hydrogens is 206 g/mol. The third-order valence-corrected chi connectivity index (χ3v) is 3.21. The summed E-state index contributed by atoms with van der Waals surface area (Å²) in [7, 11) is 1.84. The molecule has 0 radical (unpaired) electrons. The second-order valence-corrected chi connectivity index (χ2v) is 4.52. The van der Waals surface area contributed by atoms with E-state index in [2.05, 4.69) is 10.4 Å². The highest BCUT2D eigenvalue weighted by Gasteiger charge is 2.40. The molecule has 1 aliphatic heterocycles. The van der Waals surface area contributed by atoms with Gasteiger partial charge < -0.3 is 10.4 Å². The lowest BCUT2D eigenvalue weighted by atomic mass is 9.77. The minimum Gasteiger partial charge on any atom is -0.481 e. The maximum atomic E-state index is 11.4. The zero-order chi connectivity index (χ0) is 11.6. The largest absolute Gasteiger partial charge is 0.481 e. The molecule has 1 aromatic rings. The molecule has 1 aliphatic rings. The molecule has 2 N–H and O–H groups in total. The van der Waals surface area contributed by atoms with Crippen molar-refractivity contribution in [3.8, 4) is 0 Å². The second kappa shape index (κ2) is 4.25. The van der Waals surface area contributed by atoms with E-state index in [1.165, 1.54) is 0 Å². The van der Waals surface area contributed by atoms with Crippen molar-refractivity contribution in [1.82, 2.24) is 15.1 Å². The molecule has 5 nitrogen and oxygen atoms in total. The summed E-state index contributed by atoms with van der Waals surface area (Å²) >= 11 is 0. The molecule has 0 bridgehead atoms. The van der Waals surface area contributed by atoms with E-state index in [0.717, 1.165) is 25.1 Å². The van der Waals surface area contributed by atoms with E-state index < -0.39 is 11.4 Å². The Kier molecular flexibility index (Phi) is 2.96. The van der Waals surface area contributed by atoms with E-state index in [9.17, 15) is 9.90 Å². The van der Waals surface area contributed by atoms with Gasteiger partial charge in [-0.05, 0) is 25.5 Å². The molecule has 16 heavy (non-hydrogen) atoms. The Balaban J connectivity index is 2.16. The standard InChI is InChI=1S/C11H17N3O2/c1-14-6-3-9(13-14)7-11(10(15)16)4-2-5-12-8-11/h3,6,12H,2,4-5,7-8H2,1H3,(H,15,16). The third-order valence-electron chi connectivity index (χ3n) is 3.21. The van der Waals surface area contributed by atoms with Crippen molar-refractivity contribution in [3.63, 3.8) is 0 Å². The normalized spacial score (nSPS) is 25.6. The number of carboxylic acid groups (broad SMARTS) is 1. The van der Waals surface area contributed by atoms with Crippen molar-refractivity contribution in [3.05, 3.63) is 18.0 Å². The molecule has 1 unspecified atom stereocenters. The molecule has 5 heteroatoms. The number of hydrogen-bond acceptors (Lipinski definition) is 3. The van der Waals surface area contributed by atoms with Gasteiger partial charge >= 0.3 is 5.97 Å². The number of nitrogens with zero attached hydrogens (tertiary/aromatic N) is 2. The maximum Gasteiger partial charge on any atom is 0.311 e. The van der Waals surface area contributed by atoms with Gasteiger partial charge in [-0.25, -0.2) is 0 Å². The maximum absolute atomic E-state index is 11.4. The Labute approximate surface area is 94.5 Å². The lowest BCUT2D eigenvalue weighted by molar-refractivity contribution is -0.150. The molecule has 1 fully saturated rings. The molecule has 88 valence electrons. The number of hydrogen-bond donors (Lipinski definition) is 2. The first-order valence-corrected chi connectivity index (χ1v) is 5.55. The van der Waals surface area contributed by atoms with Gasteiger partial charge in [-0.2, -0.15) is 5.10 Å². The van der Waals surface area contributed by atoms with Crippen LogP contribution in [0.25, 0.3) is 0 Å². The molecule has 0 aliphatic carbocycles. The third kappa shape index (κ3) is 2.09. The monoisotopic (exact) mass is 223 g/mol. The van der Waals surface area contributed by atoms with Crippen molar-refractivity contribution in [2.75, 3.05) is 13.1 Å². The first-order chi connectivity index (χ1) is 7.62. The Morgan fingerprint density at radius 3 is 3.06 bits per heavy atom. The average molecular weight is 223 g/mol. The Hall–Kier alpha value is -1.36. The summed E-state index contributed by atoms with van der Waals surface area (Å²) < 4.78 is 1.71. The smallest absolute Gasteiger partial charge is 0.311 e. The fourth-order valence-corrected chi connectivity index (χ4v) is 2.28. The summed E-state index contributed by atoms with van der Waals surface area (Å²) in [6, 6.07) is 1.89. The molecule has 1 saturated heterocycles. The number of piperidine rings is 1. The van der Waals surface area contributed by atoms with Crippen LogP contribution in [0.15, 0.2) is 12.3 Å². The Bertz CT molecular complexity index is 380. The molecular formula is C11H17N3O2. The van der Waals surface area contributed by atoms with Gasteiger partial charge in [0.2, 0.25) is 0 Å².